The van der Waals surface area contributed by atoms with Gasteiger partial charge in [-0.15, -0.1) is 0 Å². The Morgan fingerprint density at radius 3 is 2.27 bits per heavy atom. The standard InChI is InChI=1S/C20H30N2O4/c1-14(2)12-21-19(23)13-22-8-6-15(7-9-22)20-17(25-4)10-16(24-3)11-18(20)26-5/h6,10-11,14H,7-9,12-13H2,1-5H3,(H,21,23). The molecule has 1 aliphatic rings. The van der Waals surface area contributed by atoms with E-state index in [9.17, 15) is 4.79 Å². The smallest absolute Gasteiger partial charge is 0.234 e. The molecule has 0 spiro atoms. The number of nitrogens with one attached hydrogen (secondary N) is 1. The van der Waals surface area contributed by atoms with E-state index in [1.54, 1.807) is 21.3 Å². The van der Waals surface area contributed by atoms with Crippen LogP contribution in [0.4, 0.5) is 0 Å². The van der Waals surface area contributed by atoms with Gasteiger partial charge in [0.15, 0.2) is 0 Å². The van der Waals surface area contributed by atoms with E-state index in [0.29, 0.717) is 24.8 Å². The number of amides is 1. The number of ether oxygens (including phenoxy) is 3. The van der Waals surface area contributed by atoms with Crippen molar-refractivity contribution < 1.29 is 19.0 Å². The molecule has 6 nitrogen and oxygen atoms in total. The lowest BCUT2D eigenvalue weighted by Gasteiger charge is -2.27. The molecule has 0 fully saturated rings. The monoisotopic (exact) mass is 362 g/mol. The summed E-state index contributed by atoms with van der Waals surface area (Å²) in [5, 5.41) is 2.97. The molecular formula is C20H30N2O4. The molecule has 1 aliphatic heterocycles. The number of carbonyl (C=O) groups is 1. The molecule has 0 atom stereocenters. The maximum Gasteiger partial charge on any atom is 0.234 e. The van der Waals surface area contributed by atoms with E-state index in [1.807, 2.05) is 12.1 Å². The fraction of sp³-hybridized carbons (Fsp3) is 0.550. The first-order valence-electron chi connectivity index (χ1n) is 8.97. The Kier molecular flexibility index (Phi) is 7.33. The van der Waals surface area contributed by atoms with Gasteiger partial charge in [0.05, 0.1) is 33.4 Å². The molecular weight excluding hydrogens is 332 g/mol. The fourth-order valence-corrected chi connectivity index (χ4v) is 2.98. The van der Waals surface area contributed by atoms with Gasteiger partial charge in [-0.05, 0) is 17.9 Å². The fourth-order valence-electron chi connectivity index (χ4n) is 2.98. The molecule has 1 N–H and O–H groups in total. The van der Waals surface area contributed by atoms with Gasteiger partial charge in [-0.1, -0.05) is 19.9 Å². The predicted octanol–water partition coefficient (Wildman–Crippen LogP) is 2.57. The Labute approximate surface area is 156 Å². The Morgan fingerprint density at radius 1 is 1.15 bits per heavy atom. The van der Waals surface area contributed by atoms with Crippen molar-refractivity contribution in [2.75, 3.05) is 47.5 Å². The third kappa shape index (κ3) is 5.14. The van der Waals surface area contributed by atoms with Crippen molar-refractivity contribution in [3.05, 3.63) is 23.8 Å². The zero-order chi connectivity index (χ0) is 19.1. The molecule has 1 aromatic rings. The molecule has 26 heavy (non-hydrogen) atoms. The third-order valence-electron chi connectivity index (χ3n) is 4.40. The minimum absolute atomic E-state index is 0.0789. The summed E-state index contributed by atoms with van der Waals surface area (Å²) in [6, 6.07) is 3.73. The van der Waals surface area contributed by atoms with Gasteiger partial charge in [0, 0.05) is 31.8 Å². The molecule has 0 saturated carbocycles. The van der Waals surface area contributed by atoms with Crippen molar-refractivity contribution in [3.63, 3.8) is 0 Å². The minimum atomic E-state index is 0.0789. The van der Waals surface area contributed by atoms with E-state index in [1.165, 1.54) is 5.57 Å². The summed E-state index contributed by atoms with van der Waals surface area (Å²) in [5.41, 5.74) is 2.12. The molecule has 0 bridgehead atoms. The lowest BCUT2D eigenvalue weighted by molar-refractivity contribution is -0.122. The molecule has 0 unspecified atom stereocenters. The van der Waals surface area contributed by atoms with Crippen LogP contribution in [-0.4, -0.2) is 58.3 Å². The highest BCUT2D eigenvalue weighted by atomic mass is 16.5. The Morgan fingerprint density at radius 2 is 1.81 bits per heavy atom. The van der Waals surface area contributed by atoms with Gasteiger partial charge in [-0.2, -0.15) is 0 Å². The van der Waals surface area contributed by atoms with E-state index >= 15 is 0 Å². The highest BCUT2D eigenvalue weighted by Gasteiger charge is 2.21. The maximum atomic E-state index is 12.0. The van der Waals surface area contributed by atoms with Gasteiger partial charge >= 0.3 is 0 Å². The topological polar surface area (TPSA) is 60.0 Å². The molecule has 0 aliphatic carbocycles. The number of nitrogens with zero attached hydrogens (tertiary/aromatic N) is 1. The number of rotatable bonds is 8. The second-order valence-corrected chi connectivity index (χ2v) is 6.82. The SMILES string of the molecule is COc1cc(OC)c(C2=CCN(CC(=O)NCC(C)C)CC2)c(OC)c1. The van der Waals surface area contributed by atoms with Crippen molar-refractivity contribution >= 4 is 11.5 Å². The van der Waals surface area contributed by atoms with Gasteiger partial charge in [0.2, 0.25) is 5.91 Å². The van der Waals surface area contributed by atoms with Gasteiger partial charge in [0.25, 0.3) is 0 Å². The molecule has 6 heteroatoms. The number of methoxy groups -OCH3 is 3. The van der Waals surface area contributed by atoms with Crippen LogP contribution in [-0.2, 0) is 4.79 Å². The Bertz CT molecular complexity index is 630. The lowest BCUT2D eigenvalue weighted by atomic mass is 9.97. The van der Waals surface area contributed by atoms with Crippen LogP contribution in [0.5, 0.6) is 17.2 Å². The van der Waals surface area contributed by atoms with Crippen LogP contribution in [0.25, 0.3) is 5.57 Å². The Hall–Kier alpha value is -2.21. The molecule has 144 valence electrons. The second kappa shape index (κ2) is 9.48. The van der Waals surface area contributed by atoms with E-state index in [4.69, 9.17) is 14.2 Å². The van der Waals surface area contributed by atoms with Crippen molar-refractivity contribution in [2.45, 2.75) is 20.3 Å². The summed E-state index contributed by atoms with van der Waals surface area (Å²) in [6.07, 6.45) is 2.97. The van der Waals surface area contributed by atoms with Gasteiger partial charge in [-0.3, -0.25) is 9.69 Å². The molecule has 0 radical (unpaired) electrons. The number of hydrogen-bond donors (Lipinski definition) is 1. The minimum Gasteiger partial charge on any atom is -0.496 e. The van der Waals surface area contributed by atoms with Crippen LogP contribution in [0.2, 0.25) is 0 Å². The van der Waals surface area contributed by atoms with Crippen LogP contribution >= 0.6 is 0 Å². The zero-order valence-corrected chi connectivity index (χ0v) is 16.4. The van der Waals surface area contributed by atoms with Crippen molar-refractivity contribution in [3.8, 4) is 17.2 Å². The van der Waals surface area contributed by atoms with E-state index in [0.717, 1.165) is 36.6 Å². The number of benzene rings is 1. The summed E-state index contributed by atoms with van der Waals surface area (Å²) < 4.78 is 16.4. The zero-order valence-electron chi connectivity index (χ0n) is 16.4. The van der Waals surface area contributed by atoms with Crippen LogP contribution < -0.4 is 19.5 Å². The summed E-state index contributed by atoms with van der Waals surface area (Å²) in [6.45, 7) is 6.86. The van der Waals surface area contributed by atoms with Gasteiger partial charge in [0.1, 0.15) is 17.2 Å². The predicted molar refractivity (Wildman–Crippen MR) is 103 cm³/mol. The third-order valence-corrected chi connectivity index (χ3v) is 4.40. The number of hydrogen-bond acceptors (Lipinski definition) is 5. The average Bonchev–Trinajstić information content (AvgIpc) is 2.65. The van der Waals surface area contributed by atoms with Crippen LogP contribution in [0.3, 0.4) is 0 Å². The van der Waals surface area contributed by atoms with Crippen molar-refractivity contribution in [2.24, 2.45) is 5.92 Å². The quantitative estimate of drug-likeness (QED) is 0.770. The number of carbonyl (C=O) groups excluding carboxylic acids is 1. The van der Waals surface area contributed by atoms with E-state index in [-0.39, 0.29) is 5.91 Å². The summed E-state index contributed by atoms with van der Waals surface area (Å²) in [5.74, 6) is 2.70. The van der Waals surface area contributed by atoms with Gasteiger partial charge < -0.3 is 19.5 Å². The second-order valence-electron chi connectivity index (χ2n) is 6.82. The van der Waals surface area contributed by atoms with Crippen LogP contribution in [0.15, 0.2) is 18.2 Å². The summed E-state index contributed by atoms with van der Waals surface area (Å²) in [4.78, 5) is 14.2. The van der Waals surface area contributed by atoms with E-state index < -0.39 is 0 Å². The first-order chi connectivity index (χ1) is 12.5. The highest BCUT2D eigenvalue weighted by Crippen LogP contribution is 2.40. The summed E-state index contributed by atoms with van der Waals surface area (Å²) >= 11 is 0. The molecule has 1 aromatic carbocycles. The molecule has 0 aromatic heterocycles. The maximum absolute atomic E-state index is 12.0. The summed E-state index contributed by atoms with van der Waals surface area (Å²) in [7, 11) is 4.91. The Balaban J connectivity index is 2.10. The van der Waals surface area contributed by atoms with Crippen LogP contribution in [0, 0.1) is 5.92 Å². The normalized spacial score (nSPS) is 14.8. The van der Waals surface area contributed by atoms with Crippen molar-refractivity contribution in [1.29, 1.82) is 0 Å². The van der Waals surface area contributed by atoms with Crippen LogP contribution in [0.1, 0.15) is 25.8 Å². The lowest BCUT2D eigenvalue weighted by Crippen LogP contribution is -2.40. The first kappa shape index (κ1) is 20.1. The average molecular weight is 362 g/mol. The largest absolute Gasteiger partial charge is 0.496 e. The highest BCUT2D eigenvalue weighted by molar-refractivity contribution is 5.79. The molecule has 1 heterocycles. The first-order valence-corrected chi connectivity index (χ1v) is 8.97. The van der Waals surface area contributed by atoms with E-state index in [2.05, 4.69) is 30.1 Å². The molecule has 0 saturated heterocycles. The molecule has 1 amide bonds. The van der Waals surface area contributed by atoms with Crippen molar-refractivity contribution in [1.82, 2.24) is 10.2 Å². The van der Waals surface area contributed by atoms with Gasteiger partial charge in [-0.25, -0.2) is 0 Å². The molecule has 2 rings (SSSR count).